The van der Waals surface area contributed by atoms with Crippen LogP contribution in [0, 0.1) is 0 Å². The van der Waals surface area contributed by atoms with Gasteiger partial charge in [0, 0.05) is 37.6 Å². The summed E-state index contributed by atoms with van der Waals surface area (Å²) in [6.45, 7) is 8.68. The van der Waals surface area contributed by atoms with E-state index >= 15 is 0 Å². The van der Waals surface area contributed by atoms with Crippen molar-refractivity contribution >= 4 is 0 Å². The third kappa shape index (κ3) is 2.38. The Morgan fingerprint density at radius 2 is 2.27 bits per heavy atom. The lowest BCUT2D eigenvalue weighted by molar-refractivity contribution is 0.168. The van der Waals surface area contributed by atoms with Gasteiger partial charge in [-0.15, -0.1) is 0 Å². The molecule has 1 N–H and O–H groups in total. The fourth-order valence-corrected chi connectivity index (χ4v) is 2.00. The van der Waals surface area contributed by atoms with Gasteiger partial charge >= 0.3 is 0 Å². The van der Waals surface area contributed by atoms with Gasteiger partial charge in [0.25, 0.3) is 0 Å². The molecule has 1 aliphatic rings. The molecule has 4 nitrogen and oxygen atoms in total. The van der Waals surface area contributed by atoms with Crippen molar-refractivity contribution in [2.24, 2.45) is 0 Å². The zero-order valence-electron chi connectivity index (χ0n) is 9.82. The lowest BCUT2D eigenvalue weighted by Crippen LogP contribution is -2.49. The fourth-order valence-electron chi connectivity index (χ4n) is 2.00. The molecule has 0 atom stereocenters. The molecule has 1 aromatic rings. The molecule has 0 bridgehead atoms. The second-order valence-electron chi connectivity index (χ2n) is 4.88. The smallest absolute Gasteiger partial charge is 0.122 e. The molecule has 1 aliphatic heterocycles. The highest BCUT2D eigenvalue weighted by atomic mass is 15.2. The Kier molecular flexibility index (Phi) is 2.80. The van der Waals surface area contributed by atoms with Gasteiger partial charge in [-0.1, -0.05) is 0 Å². The SMILES string of the molecule is CNC(C)(C)CN1CCn2ccnc2C1. The molecule has 0 radical (unpaired) electrons. The number of aromatic nitrogens is 2. The fraction of sp³-hybridized carbons (Fsp3) is 0.727. The van der Waals surface area contributed by atoms with Gasteiger partial charge in [0.15, 0.2) is 0 Å². The number of imidazole rings is 1. The summed E-state index contributed by atoms with van der Waals surface area (Å²) in [4.78, 5) is 6.82. The summed E-state index contributed by atoms with van der Waals surface area (Å²) < 4.78 is 2.24. The van der Waals surface area contributed by atoms with Crippen LogP contribution in [0.25, 0.3) is 0 Å². The molecule has 84 valence electrons. The summed E-state index contributed by atoms with van der Waals surface area (Å²) in [6.07, 6.45) is 3.96. The van der Waals surface area contributed by atoms with E-state index in [1.165, 1.54) is 5.82 Å². The third-order valence-corrected chi connectivity index (χ3v) is 3.12. The highest BCUT2D eigenvalue weighted by Crippen LogP contribution is 2.13. The summed E-state index contributed by atoms with van der Waals surface area (Å²) in [5.74, 6) is 1.19. The van der Waals surface area contributed by atoms with Gasteiger partial charge in [-0.2, -0.15) is 0 Å². The predicted octanol–water partition coefficient (Wildman–Crippen LogP) is 0.697. The van der Waals surface area contributed by atoms with Crippen LogP contribution in [0.5, 0.6) is 0 Å². The summed E-state index contributed by atoms with van der Waals surface area (Å²) in [5.41, 5.74) is 0.175. The number of nitrogens with one attached hydrogen (secondary N) is 1. The van der Waals surface area contributed by atoms with Gasteiger partial charge in [-0.3, -0.25) is 4.90 Å². The maximum Gasteiger partial charge on any atom is 0.122 e. The molecule has 2 rings (SSSR count). The van der Waals surface area contributed by atoms with Crippen molar-refractivity contribution in [2.45, 2.75) is 32.5 Å². The molecular weight excluding hydrogens is 188 g/mol. The number of rotatable bonds is 3. The molecule has 2 heterocycles. The van der Waals surface area contributed by atoms with Crippen LogP contribution in [0.3, 0.4) is 0 Å². The zero-order valence-corrected chi connectivity index (χ0v) is 9.82. The molecule has 0 spiro atoms. The summed E-state index contributed by atoms with van der Waals surface area (Å²) in [7, 11) is 2.02. The molecule has 0 saturated carbocycles. The normalized spacial score (nSPS) is 17.8. The molecule has 1 aromatic heterocycles. The van der Waals surface area contributed by atoms with Crippen molar-refractivity contribution in [3.05, 3.63) is 18.2 Å². The molecule has 0 aliphatic carbocycles. The van der Waals surface area contributed by atoms with Gasteiger partial charge in [0.2, 0.25) is 0 Å². The monoisotopic (exact) mass is 208 g/mol. The topological polar surface area (TPSA) is 33.1 Å². The average molecular weight is 208 g/mol. The third-order valence-electron chi connectivity index (χ3n) is 3.12. The number of likely N-dealkylation sites (N-methyl/N-ethyl adjacent to an activating group) is 1. The predicted molar refractivity (Wildman–Crippen MR) is 60.6 cm³/mol. The Labute approximate surface area is 91.3 Å². The van der Waals surface area contributed by atoms with Crippen molar-refractivity contribution in [1.82, 2.24) is 19.8 Å². The van der Waals surface area contributed by atoms with Crippen LogP contribution in [0.15, 0.2) is 12.4 Å². The summed E-state index contributed by atoms with van der Waals surface area (Å²) in [6, 6.07) is 0. The lowest BCUT2D eigenvalue weighted by Gasteiger charge is -2.34. The number of hydrogen-bond acceptors (Lipinski definition) is 3. The van der Waals surface area contributed by atoms with E-state index in [9.17, 15) is 0 Å². The van der Waals surface area contributed by atoms with E-state index in [0.29, 0.717) is 0 Å². The van der Waals surface area contributed by atoms with Crippen LogP contribution >= 0.6 is 0 Å². The minimum atomic E-state index is 0.175. The van der Waals surface area contributed by atoms with Crippen LogP contribution in [-0.2, 0) is 13.1 Å². The van der Waals surface area contributed by atoms with Crippen molar-refractivity contribution < 1.29 is 0 Å². The molecule has 15 heavy (non-hydrogen) atoms. The molecular formula is C11H20N4. The first-order chi connectivity index (χ1) is 7.11. The van der Waals surface area contributed by atoms with Crippen LogP contribution in [0.2, 0.25) is 0 Å². The quantitative estimate of drug-likeness (QED) is 0.793. The zero-order chi connectivity index (χ0) is 10.9. The van der Waals surface area contributed by atoms with E-state index in [1.54, 1.807) is 0 Å². The van der Waals surface area contributed by atoms with Crippen molar-refractivity contribution in [2.75, 3.05) is 20.1 Å². The molecule has 0 amide bonds. The molecule has 0 saturated heterocycles. The standard InChI is InChI=1S/C11H20N4/c1-11(2,12-3)9-14-6-7-15-5-4-13-10(15)8-14/h4-5,12H,6-9H2,1-3H3. The first-order valence-electron chi connectivity index (χ1n) is 5.52. The van der Waals surface area contributed by atoms with E-state index < -0.39 is 0 Å². The minimum Gasteiger partial charge on any atom is -0.333 e. The van der Waals surface area contributed by atoms with Crippen molar-refractivity contribution in [1.29, 1.82) is 0 Å². The highest BCUT2D eigenvalue weighted by molar-refractivity contribution is 4.96. The largest absolute Gasteiger partial charge is 0.333 e. The molecule has 0 unspecified atom stereocenters. The maximum absolute atomic E-state index is 4.36. The van der Waals surface area contributed by atoms with Crippen LogP contribution in [-0.4, -0.2) is 40.1 Å². The second kappa shape index (κ2) is 3.94. The average Bonchev–Trinajstić information content (AvgIpc) is 2.64. The van der Waals surface area contributed by atoms with E-state index in [0.717, 1.165) is 26.2 Å². The molecule has 0 fully saturated rings. The number of hydrogen-bond donors (Lipinski definition) is 1. The van der Waals surface area contributed by atoms with Crippen molar-refractivity contribution in [3.63, 3.8) is 0 Å². The Hall–Kier alpha value is -0.870. The Bertz CT molecular complexity index is 329. The molecule has 0 aromatic carbocycles. The summed E-state index contributed by atoms with van der Waals surface area (Å²) >= 11 is 0. The summed E-state index contributed by atoms with van der Waals surface area (Å²) in [5, 5.41) is 3.34. The maximum atomic E-state index is 4.36. The van der Waals surface area contributed by atoms with Gasteiger partial charge < -0.3 is 9.88 Å². The van der Waals surface area contributed by atoms with Crippen LogP contribution < -0.4 is 5.32 Å². The minimum absolute atomic E-state index is 0.175. The van der Waals surface area contributed by atoms with Gasteiger partial charge in [-0.05, 0) is 20.9 Å². The second-order valence-corrected chi connectivity index (χ2v) is 4.88. The first-order valence-corrected chi connectivity index (χ1v) is 5.52. The molecule has 4 heteroatoms. The van der Waals surface area contributed by atoms with Crippen molar-refractivity contribution in [3.8, 4) is 0 Å². The van der Waals surface area contributed by atoms with E-state index in [4.69, 9.17) is 0 Å². The number of nitrogens with zero attached hydrogens (tertiary/aromatic N) is 3. The Morgan fingerprint density at radius 1 is 1.47 bits per heavy atom. The van der Waals surface area contributed by atoms with E-state index in [-0.39, 0.29) is 5.54 Å². The van der Waals surface area contributed by atoms with E-state index in [1.807, 2.05) is 13.2 Å². The highest BCUT2D eigenvalue weighted by Gasteiger charge is 2.23. The van der Waals surface area contributed by atoms with E-state index in [2.05, 4.69) is 39.8 Å². The Morgan fingerprint density at radius 3 is 3.00 bits per heavy atom. The van der Waals surface area contributed by atoms with Gasteiger partial charge in [-0.25, -0.2) is 4.98 Å². The van der Waals surface area contributed by atoms with Gasteiger partial charge in [0.05, 0.1) is 6.54 Å². The number of fused-ring (bicyclic) bond motifs is 1. The first kappa shape index (κ1) is 10.6. The van der Waals surface area contributed by atoms with Gasteiger partial charge in [0.1, 0.15) is 5.82 Å². The Balaban J connectivity index is 1.98. The van der Waals surface area contributed by atoms with Crippen LogP contribution in [0.4, 0.5) is 0 Å². The van der Waals surface area contributed by atoms with Crippen LogP contribution in [0.1, 0.15) is 19.7 Å². The lowest BCUT2D eigenvalue weighted by atomic mass is 10.1.